The van der Waals surface area contributed by atoms with Crippen LogP contribution in [0.1, 0.15) is 19.4 Å². The molecule has 0 spiro atoms. The summed E-state index contributed by atoms with van der Waals surface area (Å²) in [6.45, 7) is 2.80. The molecular weight excluding hydrogens is 242 g/mol. The number of fused-ring (bicyclic) bond motifs is 1. The van der Waals surface area contributed by atoms with Crippen LogP contribution in [0, 0.1) is 0 Å². The van der Waals surface area contributed by atoms with Crippen molar-refractivity contribution in [3.8, 4) is 0 Å². The van der Waals surface area contributed by atoms with E-state index in [1.54, 1.807) is 10.8 Å². The van der Waals surface area contributed by atoms with Crippen LogP contribution in [0.4, 0.5) is 0 Å². The zero-order valence-electron chi connectivity index (χ0n) is 10.7. The second kappa shape index (κ2) is 4.76. The molecule has 0 aliphatic heterocycles. The Kier molecular flexibility index (Phi) is 2.95. The first-order valence-electron chi connectivity index (χ1n) is 6.33. The third-order valence-electron chi connectivity index (χ3n) is 3.29. The number of nitrogens with zero attached hydrogens (tertiary/aromatic N) is 3. The van der Waals surface area contributed by atoms with Crippen molar-refractivity contribution in [2.45, 2.75) is 25.9 Å². The van der Waals surface area contributed by atoms with Gasteiger partial charge in [0.2, 0.25) is 0 Å². The molecule has 3 aromatic rings. The average Bonchev–Trinajstić information content (AvgIpc) is 3.02. The van der Waals surface area contributed by atoms with Crippen molar-refractivity contribution >= 4 is 11.1 Å². The first kappa shape index (κ1) is 11.8. The molecule has 0 saturated heterocycles. The van der Waals surface area contributed by atoms with Gasteiger partial charge in [0, 0.05) is 25.0 Å². The topological polar surface area (TPSA) is 53.0 Å². The van der Waals surface area contributed by atoms with E-state index in [0.29, 0.717) is 5.58 Å². The zero-order valence-corrected chi connectivity index (χ0v) is 10.7. The third-order valence-corrected chi connectivity index (χ3v) is 3.29. The zero-order chi connectivity index (χ0) is 13.2. The van der Waals surface area contributed by atoms with E-state index in [-0.39, 0.29) is 11.8 Å². The van der Waals surface area contributed by atoms with Gasteiger partial charge in [0.25, 0.3) is 0 Å². The molecule has 0 amide bonds. The van der Waals surface area contributed by atoms with Gasteiger partial charge < -0.3 is 4.42 Å². The molecule has 19 heavy (non-hydrogen) atoms. The molecule has 5 nitrogen and oxygen atoms in total. The summed E-state index contributed by atoms with van der Waals surface area (Å²) in [5, 5.41) is 4.16. The van der Waals surface area contributed by atoms with Crippen molar-refractivity contribution in [2.75, 3.05) is 0 Å². The van der Waals surface area contributed by atoms with Crippen LogP contribution in [0.15, 0.2) is 51.9 Å². The highest BCUT2D eigenvalue weighted by atomic mass is 16.4. The van der Waals surface area contributed by atoms with E-state index in [0.717, 1.165) is 18.5 Å². The van der Waals surface area contributed by atoms with Gasteiger partial charge in [-0.15, -0.1) is 0 Å². The quantitative estimate of drug-likeness (QED) is 0.721. The second-order valence-electron chi connectivity index (χ2n) is 4.61. The SMILES string of the molecule is CC(CCn1cccn1)n1c(=O)oc2ccccc21. The van der Waals surface area contributed by atoms with Gasteiger partial charge >= 0.3 is 5.76 Å². The minimum atomic E-state index is -0.297. The highest BCUT2D eigenvalue weighted by Gasteiger charge is 2.14. The number of rotatable bonds is 4. The van der Waals surface area contributed by atoms with E-state index in [2.05, 4.69) is 5.10 Å². The third kappa shape index (κ3) is 2.19. The molecule has 0 saturated carbocycles. The summed E-state index contributed by atoms with van der Waals surface area (Å²) in [5.74, 6) is -0.297. The Balaban J connectivity index is 1.87. The molecule has 2 aromatic heterocycles. The van der Waals surface area contributed by atoms with Crippen LogP contribution in [-0.4, -0.2) is 14.3 Å². The first-order chi connectivity index (χ1) is 9.25. The molecular formula is C14H15N3O2. The minimum absolute atomic E-state index is 0.0698. The Hall–Kier alpha value is -2.30. The van der Waals surface area contributed by atoms with Gasteiger partial charge in [0.05, 0.1) is 5.52 Å². The first-order valence-corrected chi connectivity index (χ1v) is 6.33. The number of hydrogen-bond donors (Lipinski definition) is 0. The summed E-state index contributed by atoms with van der Waals surface area (Å²) in [6.07, 6.45) is 4.50. The highest BCUT2D eigenvalue weighted by molar-refractivity contribution is 5.72. The summed E-state index contributed by atoms with van der Waals surface area (Å²) < 4.78 is 8.81. The van der Waals surface area contributed by atoms with Crippen LogP contribution >= 0.6 is 0 Å². The van der Waals surface area contributed by atoms with Crippen molar-refractivity contribution in [1.29, 1.82) is 0 Å². The largest absolute Gasteiger partial charge is 0.420 e. The van der Waals surface area contributed by atoms with Crippen molar-refractivity contribution in [1.82, 2.24) is 14.3 Å². The van der Waals surface area contributed by atoms with Gasteiger partial charge in [-0.25, -0.2) is 4.79 Å². The van der Waals surface area contributed by atoms with E-state index in [1.165, 1.54) is 0 Å². The second-order valence-corrected chi connectivity index (χ2v) is 4.61. The Labute approximate surface area is 110 Å². The lowest BCUT2D eigenvalue weighted by molar-refractivity contribution is 0.412. The molecule has 3 rings (SSSR count). The molecule has 0 bridgehead atoms. The molecule has 1 unspecified atom stereocenters. The molecule has 0 N–H and O–H groups in total. The summed E-state index contributed by atoms with van der Waals surface area (Å²) in [4.78, 5) is 11.9. The normalized spacial score (nSPS) is 12.9. The van der Waals surface area contributed by atoms with E-state index in [1.807, 2.05) is 48.1 Å². The lowest BCUT2D eigenvalue weighted by atomic mass is 10.2. The molecule has 0 fully saturated rings. The van der Waals surface area contributed by atoms with Crippen LogP contribution in [0.25, 0.3) is 11.1 Å². The average molecular weight is 257 g/mol. The molecule has 0 aliphatic carbocycles. The number of hydrogen-bond acceptors (Lipinski definition) is 3. The van der Waals surface area contributed by atoms with Crippen LogP contribution in [0.5, 0.6) is 0 Å². The number of para-hydroxylation sites is 2. The summed E-state index contributed by atoms with van der Waals surface area (Å²) in [7, 11) is 0. The van der Waals surface area contributed by atoms with Crippen LogP contribution < -0.4 is 5.76 Å². The van der Waals surface area contributed by atoms with E-state index < -0.39 is 0 Å². The summed E-state index contributed by atoms with van der Waals surface area (Å²) >= 11 is 0. The Morgan fingerprint density at radius 2 is 2.16 bits per heavy atom. The van der Waals surface area contributed by atoms with Crippen molar-refractivity contribution in [3.05, 3.63) is 53.3 Å². The van der Waals surface area contributed by atoms with Crippen molar-refractivity contribution < 1.29 is 4.42 Å². The molecule has 5 heteroatoms. The maximum Gasteiger partial charge on any atom is 0.420 e. The summed E-state index contributed by atoms with van der Waals surface area (Å²) in [6, 6.07) is 9.46. The van der Waals surface area contributed by atoms with Crippen LogP contribution in [0.2, 0.25) is 0 Å². The van der Waals surface area contributed by atoms with Gasteiger partial charge in [0.1, 0.15) is 0 Å². The molecule has 0 aliphatic rings. The van der Waals surface area contributed by atoms with Crippen molar-refractivity contribution in [3.63, 3.8) is 0 Å². The molecule has 1 aromatic carbocycles. The Morgan fingerprint density at radius 1 is 1.32 bits per heavy atom. The van der Waals surface area contributed by atoms with Gasteiger partial charge in [-0.3, -0.25) is 9.25 Å². The predicted octanol–water partition coefficient (Wildman–Crippen LogP) is 2.44. The monoisotopic (exact) mass is 257 g/mol. The Bertz CT molecular complexity index is 725. The maximum atomic E-state index is 11.9. The molecule has 2 heterocycles. The van der Waals surface area contributed by atoms with Gasteiger partial charge in [-0.2, -0.15) is 5.10 Å². The molecule has 1 atom stereocenters. The number of oxazole rings is 1. The lowest BCUT2D eigenvalue weighted by Gasteiger charge is -2.12. The highest BCUT2D eigenvalue weighted by Crippen LogP contribution is 2.18. The van der Waals surface area contributed by atoms with Gasteiger partial charge in [-0.05, 0) is 31.5 Å². The fourth-order valence-corrected chi connectivity index (χ4v) is 2.28. The summed E-state index contributed by atoms with van der Waals surface area (Å²) in [5.41, 5.74) is 1.49. The van der Waals surface area contributed by atoms with E-state index in [9.17, 15) is 4.79 Å². The van der Waals surface area contributed by atoms with Gasteiger partial charge in [0.15, 0.2) is 5.58 Å². The number of aryl methyl sites for hydroxylation is 1. The van der Waals surface area contributed by atoms with E-state index in [4.69, 9.17) is 4.42 Å². The number of aromatic nitrogens is 3. The Morgan fingerprint density at radius 3 is 2.95 bits per heavy atom. The minimum Gasteiger partial charge on any atom is -0.408 e. The molecule has 0 radical (unpaired) electrons. The van der Waals surface area contributed by atoms with Crippen LogP contribution in [-0.2, 0) is 6.54 Å². The fraction of sp³-hybridized carbons (Fsp3) is 0.286. The smallest absolute Gasteiger partial charge is 0.408 e. The van der Waals surface area contributed by atoms with E-state index >= 15 is 0 Å². The van der Waals surface area contributed by atoms with Crippen molar-refractivity contribution in [2.24, 2.45) is 0 Å². The standard InChI is InChI=1S/C14H15N3O2/c1-11(7-10-16-9-4-8-15-16)17-12-5-2-3-6-13(12)19-14(17)18/h2-6,8-9,11H,7,10H2,1H3. The lowest BCUT2D eigenvalue weighted by Crippen LogP contribution is -2.19. The fourth-order valence-electron chi connectivity index (χ4n) is 2.28. The molecule has 98 valence electrons. The maximum absolute atomic E-state index is 11.9. The number of benzene rings is 1. The predicted molar refractivity (Wildman–Crippen MR) is 72.0 cm³/mol. The van der Waals surface area contributed by atoms with Crippen LogP contribution in [0.3, 0.4) is 0 Å². The van der Waals surface area contributed by atoms with Gasteiger partial charge in [-0.1, -0.05) is 12.1 Å².